The lowest BCUT2D eigenvalue weighted by atomic mass is 9.63. The third kappa shape index (κ3) is 2.08. The van der Waals surface area contributed by atoms with Crippen molar-refractivity contribution >= 4 is 17.5 Å². The standard InChI is InChI=1S/C17H15F2NO3/c18-17(19)23-12-4-2-1-3-11(12)20-15(21)13-9-5-6-10(8-7-9)14(13)16(20)22/h1-6,9-10,13-14,17H,7-8H2. The van der Waals surface area contributed by atoms with Crippen molar-refractivity contribution in [1.82, 2.24) is 0 Å². The van der Waals surface area contributed by atoms with E-state index in [9.17, 15) is 18.4 Å². The first kappa shape index (κ1) is 14.4. The van der Waals surface area contributed by atoms with E-state index in [0.717, 1.165) is 17.7 Å². The number of fused-ring (bicyclic) bond motifs is 1. The number of para-hydroxylation sites is 2. The van der Waals surface area contributed by atoms with Crippen LogP contribution in [0.25, 0.3) is 0 Å². The molecule has 120 valence electrons. The molecule has 4 atom stereocenters. The van der Waals surface area contributed by atoms with Crippen LogP contribution in [0.3, 0.4) is 0 Å². The molecule has 1 aromatic carbocycles. The molecule has 2 fully saturated rings. The van der Waals surface area contributed by atoms with Gasteiger partial charge in [0.2, 0.25) is 11.8 Å². The number of carbonyl (C=O) groups is 2. The molecule has 23 heavy (non-hydrogen) atoms. The minimum absolute atomic E-state index is 0.0645. The van der Waals surface area contributed by atoms with E-state index in [4.69, 9.17) is 0 Å². The fourth-order valence-electron chi connectivity index (χ4n) is 4.15. The average Bonchev–Trinajstić information content (AvgIpc) is 2.82. The molecule has 1 aliphatic heterocycles. The van der Waals surface area contributed by atoms with E-state index in [2.05, 4.69) is 4.74 Å². The molecule has 4 unspecified atom stereocenters. The molecule has 5 rings (SSSR count). The highest BCUT2D eigenvalue weighted by Gasteiger charge is 2.57. The van der Waals surface area contributed by atoms with E-state index in [1.165, 1.54) is 18.2 Å². The topological polar surface area (TPSA) is 46.6 Å². The second-order valence-corrected chi connectivity index (χ2v) is 6.20. The van der Waals surface area contributed by atoms with Crippen molar-refractivity contribution in [2.24, 2.45) is 23.7 Å². The summed E-state index contributed by atoms with van der Waals surface area (Å²) >= 11 is 0. The van der Waals surface area contributed by atoms with Gasteiger partial charge in [0, 0.05) is 0 Å². The van der Waals surface area contributed by atoms with Crippen LogP contribution in [0, 0.1) is 23.7 Å². The molecule has 1 heterocycles. The van der Waals surface area contributed by atoms with Crippen molar-refractivity contribution < 1.29 is 23.1 Å². The summed E-state index contributed by atoms with van der Waals surface area (Å²) in [6, 6.07) is 5.95. The maximum atomic E-state index is 12.8. The highest BCUT2D eigenvalue weighted by molar-refractivity contribution is 6.23. The number of ether oxygens (including phenoxy) is 1. The van der Waals surface area contributed by atoms with Crippen LogP contribution in [0.15, 0.2) is 36.4 Å². The summed E-state index contributed by atoms with van der Waals surface area (Å²) < 4.78 is 29.7. The number of rotatable bonds is 3. The van der Waals surface area contributed by atoms with Gasteiger partial charge in [-0.3, -0.25) is 9.59 Å². The maximum Gasteiger partial charge on any atom is 0.387 e. The number of amides is 2. The first-order valence-corrected chi connectivity index (χ1v) is 7.68. The molecule has 3 aliphatic carbocycles. The maximum absolute atomic E-state index is 12.8. The summed E-state index contributed by atoms with van der Waals surface area (Å²) in [4.78, 5) is 26.7. The van der Waals surface area contributed by atoms with Crippen molar-refractivity contribution in [3.8, 4) is 5.75 Å². The van der Waals surface area contributed by atoms with Crippen LogP contribution in [0.1, 0.15) is 12.8 Å². The zero-order chi connectivity index (χ0) is 16.1. The first-order chi connectivity index (χ1) is 11.1. The Balaban J connectivity index is 1.74. The molecule has 0 aromatic heterocycles. The van der Waals surface area contributed by atoms with Gasteiger partial charge in [0.1, 0.15) is 5.75 Å². The van der Waals surface area contributed by atoms with Crippen LogP contribution < -0.4 is 9.64 Å². The van der Waals surface area contributed by atoms with E-state index in [1.807, 2.05) is 12.2 Å². The zero-order valence-electron chi connectivity index (χ0n) is 12.2. The fraction of sp³-hybridized carbons (Fsp3) is 0.412. The van der Waals surface area contributed by atoms with Gasteiger partial charge < -0.3 is 4.74 Å². The lowest BCUT2D eigenvalue weighted by molar-refractivity contribution is -0.124. The van der Waals surface area contributed by atoms with Gasteiger partial charge in [-0.2, -0.15) is 8.78 Å². The number of halogens is 2. The number of anilines is 1. The lowest BCUT2D eigenvalue weighted by Gasteiger charge is -2.38. The fourth-order valence-corrected chi connectivity index (χ4v) is 4.15. The Morgan fingerprint density at radius 3 is 2.09 bits per heavy atom. The summed E-state index contributed by atoms with van der Waals surface area (Å²) in [5.41, 5.74) is 0.108. The summed E-state index contributed by atoms with van der Waals surface area (Å²) in [6.07, 6.45) is 5.83. The number of hydrogen-bond acceptors (Lipinski definition) is 3. The van der Waals surface area contributed by atoms with Crippen LogP contribution in [0.5, 0.6) is 5.75 Å². The van der Waals surface area contributed by atoms with Crippen molar-refractivity contribution in [1.29, 1.82) is 0 Å². The average molecular weight is 319 g/mol. The number of imide groups is 1. The molecule has 1 saturated heterocycles. The predicted octanol–water partition coefficient (Wildman–Crippen LogP) is 2.99. The number of allylic oxidation sites excluding steroid dienone is 2. The first-order valence-electron chi connectivity index (χ1n) is 7.68. The number of carbonyl (C=O) groups excluding carboxylic acids is 2. The van der Waals surface area contributed by atoms with Gasteiger partial charge in [-0.1, -0.05) is 24.3 Å². The van der Waals surface area contributed by atoms with E-state index in [1.54, 1.807) is 6.07 Å². The van der Waals surface area contributed by atoms with E-state index >= 15 is 0 Å². The summed E-state index contributed by atoms with van der Waals surface area (Å²) in [5.74, 6) is -1.36. The SMILES string of the molecule is O=C1C2C3C=CC(CC3)C2C(=O)N1c1ccccc1OC(F)F. The molecule has 2 amide bonds. The van der Waals surface area contributed by atoms with E-state index < -0.39 is 6.61 Å². The molecule has 2 bridgehead atoms. The van der Waals surface area contributed by atoms with Crippen molar-refractivity contribution in [3.63, 3.8) is 0 Å². The molecule has 4 nitrogen and oxygen atoms in total. The summed E-state index contributed by atoms with van der Waals surface area (Å²) in [7, 11) is 0. The van der Waals surface area contributed by atoms with Gasteiger partial charge in [0.05, 0.1) is 17.5 Å². The predicted molar refractivity (Wildman–Crippen MR) is 77.9 cm³/mol. The molecule has 4 aliphatic rings. The number of nitrogens with zero attached hydrogens (tertiary/aromatic N) is 1. The zero-order valence-corrected chi connectivity index (χ0v) is 12.2. The molecule has 1 aromatic rings. The second-order valence-electron chi connectivity index (χ2n) is 6.20. The van der Waals surface area contributed by atoms with Gasteiger partial charge in [-0.05, 0) is 36.8 Å². The highest BCUT2D eigenvalue weighted by atomic mass is 19.3. The normalized spacial score (nSPS) is 31.9. The molecular weight excluding hydrogens is 304 g/mol. The Labute approximate surface area is 131 Å². The Morgan fingerprint density at radius 2 is 1.57 bits per heavy atom. The second kappa shape index (κ2) is 5.15. The van der Waals surface area contributed by atoms with E-state index in [0.29, 0.717) is 0 Å². The summed E-state index contributed by atoms with van der Waals surface area (Å²) in [6.45, 7) is -3.01. The van der Waals surface area contributed by atoms with Crippen LogP contribution in [-0.4, -0.2) is 18.4 Å². The largest absolute Gasteiger partial charge is 0.433 e. The smallest absolute Gasteiger partial charge is 0.387 e. The van der Waals surface area contributed by atoms with Gasteiger partial charge in [-0.25, -0.2) is 4.90 Å². The third-order valence-electron chi connectivity index (χ3n) is 5.08. The number of benzene rings is 1. The van der Waals surface area contributed by atoms with Gasteiger partial charge >= 0.3 is 6.61 Å². The summed E-state index contributed by atoms with van der Waals surface area (Å²) in [5, 5.41) is 0. The number of hydrogen-bond donors (Lipinski definition) is 0. The van der Waals surface area contributed by atoms with E-state index in [-0.39, 0.29) is 46.9 Å². The Morgan fingerprint density at radius 1 is 1.00 bits per heavy atom. The molecule has 0 spiro atoms. The molecule has 6 heteroatoms. The Kier molecular flexibility index (Phi) is 3.21. The lowest BCUT2D eigenvalue weighted by Crippen LogP contribution is -2.38. The van der Waals surface area contributed by atoms with Gasteiger partial charge in [0.25, 0.3) is 0 Å². The van der Waals surface area contributed by atoms with Gasteiger partial charge in [0.15, 0.2) is 0 Å². The molecule has 0 N–H and O–H groups in total. The van der Waals surface area contributed by atoms with Crippen LogP contribution in [0.2, 0.25) is 0 Å². The van der Waals surface area contributed by atoms with Crippen molar-refractivity contribution in [3.05, 3.63) is 36.4 Å². The van der Waals surface area contributed by atoms with Gasteiger partial charge in [-0.15, -0.1) is 0 Å². The van der Waals surface area contributed by atoms with Crippen molar-refractivity contribution in [2.75, 3.05) is 4.90 Å². The Bertz CT molecular complexity index is 671. The highest BCUT2D eigenvalue weighted by Crippen LogP contribution is 2.51. The quantitative estimate of drug-likeness (QED) is 0.635. The monoisotopic (exact) mass is 319 g/mol. The molecular formula is C17H15F2NO3. The molecule has 0 radical (unpaired) electrons. The minimum Gasteiger partial charge on any atom is -0.433 e. The number of alkyl halides is 2. The molecule has 1 saturated carbocycles. The van der Waals surface area contributed by atoms with Crippen molar-refractivity contribution in [2.45, 2.75) is 19.5 Å². The minimum atomic E-state index is -3.01. The van der Waals surface area contributed by atoms with Crippen LogP contribution in [0.4, 0.5) is 14.5 Å². The third-order valence-corrected chi connectivity index (χ3v) is 5.08. The Hall–Kier alpha value is -2.24. The van der Waals surface area contributed by atoms with Crippen LogP contribution >= 0.6 is 0 Å². The van der Waals surface area contributed by atoms with Crippen LogP contribution in [-0.2, 0) is 9.59 Å².